The molecule has 108 valence electrons. The molecular formula is C11H15Cl2NO4S. The van der Waals surface area contributed by atoms with Crippen molar-refractivity contribution in [3.05, 3.63) is 0 Å². The minimum absolute atomic E-state index is 0.0250. The van der Waals surface area contributed by atoms with E-state index in [1.807, 2.05) is 6.92 Å². The Kier molecular flexibility index (Phi) is 3.02. The molecule has 19 heavy (non-hydrogen) atoms. The number of ketones is 1. The Morgan fingerprint density at radius 1 is 1.53 bits per heavy atom. The lowest BCUT2D eigenvalue weighted by molar-refractivity contribution is -0.128. The lowest BCUT2D eigenvalue weighted by Crippen LogP contribution is -2.47. The number of carbonyl (C=O) groups is 1. The Morgan fingerprint density at radius 2 is 2.16 bits per heavy atom. The lowest BCUT2D eigenvalue weighted by atomic mass is 9.70. The minimum atomic E-state index is -3.58. The SMILES string of the molecule is CC1(C(Cl)Cl)[C@H]2CC[C@]1(CS(=O)(=O)N1CO1)C(=O)C2. The number of alkyl halides is 2. The van der Waals surface area contributed by atoms with Crippen LogP contribution in [0.25, 0.3) is 0 Å². The maximum atomic E-state index is 12.4. The van der Waals surface area contributed by atoms with Gasteiger partial charge in [0.25, 0.3) is 0 Å². The fraction of sp³-hybridized carbons (Fsp3) is 0.909. The molecule has 0 N–H and O–H groups in total. The predicted molar refractivity (Wildman–Crippen MR) is 70.0 cm³/mol. The second kappa shape index (κ2) is 4.07. The zero-order chi connectivity index (χ0) is 14.1. The average Bonchev–Trinajstić information content (AvgIpc) is 3.09. The summed E-state index contributed by atoms with van der Waals surface area (Å²) >= 11 is 12.2. The van der Waals surface area contributed by atoms with E-state index in [1.165, 1.54) is 0 Å². The molecule has 5 nitrogen and oxygen atoms in total. The highest BCUT2D eigenvalue weighted by Gasteiger charge is 2.70. The highest BCUT2D eigenvalue weighted by Crippen LogP contribution is 2.67. The van der Waals surface area contributed by atoms with Crippen LogP contribution in [-0.2, 0) is 19.7 Å². The highest BCUT2D eigenvalue weighted by molar-refractivity contribution is 7.89. The van der Waals surface area contributed by atoms with E-state index < -0.39 is 25.7 Å². The van der Waals surface area contributed by atoms with Crippen molar-refractivity contribution in [2.45, 2.75) is 31.0 Å². The van der Waals surface area contributed by atoms with E-state index in [0.717, 1.165) is 10.9 Å². The van der Waals surface area contributed by atoms with Crippen molar-refractivity contribution in [2.24, 2.45) is 16.7 Å². The van der Waals surface area contributed by atoms with Gasteiger partial charge in [-0.25, -0.2) is 8.42 Å². The Hall–Kier alpha value is 0.120. The quantitative estimate of drug-likeness (QED) is 0.582. The van der Waals surface area contributed by atoms with Crippen molar-refractivity contribution in [3.8, 4) is 0 Å². The van der Waals surface area contributed by atoms with Crippen LogP contribution in [0, 0.1) is 16.7 Å². The Bertz CT molecular complexity index is 533. The number of rotatable bonds is 4. The first kappa shape index (κ1) is 14.1. The fourth-order valence-electron chi connectivity index (χ4n) is 3.82. The van der Waals surface area contributed by atoms with Crippen molar-refractivity contribution >= 4 is 39.0 Å². The average molecular weight is 328 g/mol. The number of halogens is 2. The van der Waals surface area contributed by atoms with Crippen LogP contribution in [0.2, 0.25) is 0 Å². The molecule has 3 aliphatic rings. The van der Waals surface area contributed by atoms with Gasteiger partial charge >= 0.3 is 0 Å². The predicted octanol–water partition coefficient (Wildman–Crippen LogP) is 1.70. The summed E-state index contributed by atoms with van der Waals surface area (Å²) in [6.07, 6.45) is 1.72. The van der Waals surface area contributed by atoms with Crippen molar-refractivity contribution in [1.29, 1.82) is 0 Å². The molecule has 3 rings (SSSR count). The smallest absolute Gasteiger partial charge is 0.239 e. The molecule has 1 aliphatic heterocycles. The molecule has 2 saturated carbocycles. The third-order valence-corrected chi connectivity index (χ3v) is 7.79. The molecule has 0 radical (unpaired) electrons. The molecule has 8 heteroatoms. The molecule has 2 aliphatic carbocycles. The van der Waals surface area contributed by atoms with Crippen molar-refractivity contribution in [1.82, 2.24) is 4.47 Å². The van der Waals surface area contributed by atoms with E-state index in [1.54, 1.807) is 0 Å². The highest BCUT2D eigenvalue weighted by atomic mass is 35.5. The summed E-state index contributed by atoms with van der Waals surface area (Å²) in [5, 5.41) is 0. The summed E-state index contributed by atoms with van der Waals surface area (Å²) in [7, 11) is -3.58. The molecule has 0 aromatic heterocycles. The molecule has 0 aromatic rings. The van der Waals surface area contributed by atoms with Gasteiger partial charge in [-0.3, -0.25) is 9.63 Å². The van der Waals surface area contributed by atoms with Crippen LogP contribution in [0.15, 0.2) is 0 Å². The van der Waals surface area contributed by atoms with Gasteiger partial charge in [-0.15, -0.1) is 23.2 Å². The van der Waals surface area contributed by atoms with Gasteiger partial charge in [-0.05, 0) is 18.8 Å². The summed E-state index contributed by atoms with van der Waals surface area (Å²) in [6, 6.07) is 0. The third-order valence-electron chi connectivity index (χ3n) is 5.19. The van der Waals surface area contributed by atoms with Gasteiger partial charge in [-0.2, -0.15) is 0 Å². The standard InChI is InChI=1S/C11H15Cl2NO4S/c1-10(9(12)13)7-2-3-11(10,8(15)4-7)5-19(16,17)14-6-18-14/h7,9H,2-6H2,1H3/t7-,10?,11-,14?/m0/s1. The summed E-state index contributed by atoms with van der Waals surface area (Å²) in [5.74, 6) is -0.199. The molecule has 0 spiro atoms. The first-order valence-electron chi connectivity index (χ1n) is 6.19. The van der Waals surface area contributed by atoms with Gasteiger partial charge in [0.2, 0.25) is 10.0 Å². The number of hydroxylamine groups is 1. The van der Waals surface area contributed by atoms with E-state index in [4.69, 9.17) is 28.0 Å². The van der Waals surface area contributed by atoms with E-state index in [0.29, 0.717) is 12.8 Å². The van der Waals surface area contributed by atoms with Crippen LogP contribution in [-0.4, -0.2) is 36.0 Å². The van der Waals surface area contributed by atoms with E-state index >= 15 is 0 Å². The van der Waals surface area contributed by atoms with Crippen LogP contribution >= 0.6 is 23.2 Å². The molecule has 1 heterocycles. The van der Waals surface area contributed by atoms with Gasteiger partial charge in [0, 0.05) is 11.8 Å². The summed E-state index contributed by atoms with van der Waals surface area (Å²) < 4.78 is 25.2. The fourth-order valence-corrected chi connectivity index (χ4v) is 6.34. The summed E-state index contributed by atoms with van der Waals surface area (Å²) in [4.78, 5) is 16.3. The second-order valence-electron chi connectivity index (χ2n) is 5.85. The number of fused-ring (bicyclic) bond motifs is 2. The number of hydrogen-bond donors (Lipinski definition) is 0. The monoisotopic (exact) mass is 327 g/mol. The molecular weight excluding hydrogens is 313 g/mol. The van der Waals surface area contributed by atoms with Gasteiger partial charge in [0.15, 0.2) is 6.73 Å². The summed E-state index contributed by atoms with van der Waals surface area (Å²) in [5.41, 5.74) is -1.63. The van der Waals surface area contributed by atoms with E-state index in [9.17, 15) is 13.2 Å². The lowest BCUT2D eigenvalue weighted by Gasteiger charge is -2.40. The van der Waals surface area contributed by atoms with E-state index in [-0.39, 0.29) is 24.2 Å². The molecule has 2 bridgehead atoms. The van der Waals surface area contributed by atoms with Crippen molar-refractivity contribution in [2.75, 3.05) is 12.5 Å². The first-order chi connectivity index (χ1) is 8.74. The van der Waals surface area contributed by atoms with Crippen LogP contribution < -0.4 is 0 Å². The molecule has 4 atom stereocenters. The topological polar surface area (TPSA) is 66.8 Å². The normalized spacial score (nSPS) is 45.2. The molecule has 0 aromatic carbocycles. The molecule has 1 saturated heterocycles. The van der Waals surface area contributed by atoms with Gasteiger partial charge in [0.1, 0.15) is 10.6 Å². The molecule has 3 fully saturated rings. The zero-order valence-electron chi connectivity index (χ0n) is 10.4. The third kappa shape index (κ3) is 1.73. The number of Topliss-reactive ketones (excluding diaryl/α,β-unsaturated/α-hetero) is 1. The van der Waals surface area contributed by atoms with Crippen molar-refractivity contribution in [3.63, 3.8) is 0 Å². The van der Waals surface area contributed by atoms with E-state index in [2.05, 4.69) is 0 Å². The number of carbonyl (C=O) groups excluding carboxylic acids is 1. The Balaban J connectivity index is 2.02. The van der Waals surface area contributed by atoms with Crippen LogP contribution in [0.5, 0.6) is 0 Å². The Labute approximate surface area is 122 Å². The van der Waals surface area contributed by atoms with Gasteiger partial charge < -0.3 is 0 Å². The second-order valence-corrected chi connectivity index (χ2v) is 8.80. The molecule has 2 unspecified atom stereocenters. The van der Waals surface area contributed by atoms with Crippen LogP contribution in [0.4, 0.5) is 0 Å². The molecule has 0 amide bonds. The first-order valence-corrected chi connectivity index (χ1v) is 8.67. The Morgan fingerprint density at radius 3 is 2.63 bits per heavy atom. The largest absolute Gasteiger partial charge is 0.299 e. The van der Waals surface area contributed by atoms with Crippen molar-refractivity contribution < 1.29 is 18.0 Å². The minimum Gasteiger partial charge on any atom is -0.299 e. The zero-order valence-corrected chi connectivity index (χ0v) is 12.8. The summed E-state index contributed by atoms with van der Waals surface area (Å²) in [6.45, 7) is 1.91. The number of hydrogen-bond acceptors (Lipinski definition) is 4. The van der Waals surface area contributed by atoms with Crippen LogP contribution in [0.1, 0.15) is 26.2 Å². The van der Waals surface area contributed by atoms with Gasteiger partial charge in [-0.1, -0.05) is 11.4 Å². The van der Waals surface area contributed by atoms with Gasteiger partial charge in [0.05, 0.1) is 11.2 Å². The van der Waals surface area contributed by atoms with Crippen LogP contribution in [0.3, 0.4) is 0 Å². The number of sulfonamides is 1. The number of nitrogens with zero attached hydrogens (tertiary/aromatic N) is 1. The maximum Gasteiger partial charge on any atom is 0.239 e. The maximum absolute atomic E-state index is 12.4.